The number of hydrogen-bond acceptors (Lipinski definition) is 2. The predicted molar refractivity (Wildman–Crippen MR) is 76.7 cm³/mol. The van der Waals surface area contributed by atoms with Gasteiger partial charge in [-0.25, -0.2) is 0 Å². The van der Waals surface area contributed by atoms with E-state index < -0.39 is 0 Å². The first kappa shape index (κ1) is 13.9. The molecule has 0 heterocycles. The molecule has 0 aliphatic rings. The molecule has 1 atom stereocenters. The number of hydrogen-bond donors (Lipinski definition) is 1. The van der Waals surface area contributed by atoms with E-state index in [1.54, 1.807) is 0 Å². The molecular weight excluding hydrogens is 284 g/mol. The Labute approximate surface area is 112 Å². The maximum absolute atomic E-state index is 5.84. The van der Waals surface area contributed by atoms with Gasteiger partial charge in [0, 0.05) is 4.47 Å². The molecule has 0 bridgehead atoms. The number of halogens is 1. The maximum Gasteiger partial charge on any atom is 0.122 e. The van der Waals surface area contributed by atoms with Gasteiger partial charge in [-0.1, -0.05) is 36.7 Å². The Bertz CT molecular complexity index is 339. The van der Waals surface area contributed by atoms with Crippen LogP contribution in [0.1, 0.15) is 32.3 Å². The molecule has 90 valence electrons. The minimum absolute atomic E-state index is 0.471. The first-order valence-electron chi connectivity index (χ1n) is 5.57. The van der Waals surface area contributed by atoms with Gasteiger partial charge >= 0.3 is 0 Å². The summed E-state index contributed by atoms with van der Waals surface area (Å²) in [5, 5.41) is 0. The summed E-state index contributed by atoms with van der Waals surface area (Å²) in [6.07, 6.45) is 0. The van der Waals surface area contributed by atoms with Gasteiger partial charge in [0.05, 0.1) is 6.61 Å². The van der Waals surface area contributed by atoms with Gasteiger partial charge in [-0.3, -0.25) is 0 Å². The van der Waals surface area contributed by atoms with E-state index >= 15 is 0 Å². The normalized spacial score (nSPS) is 12.9. The van der Waals surface area contributed by atoms with Crippen molar-refractivity contribution in [3.8, 4) is 5.75 Å². The molecular formula is C13H19BrOS. The van der Waals surface area contributed by atoms with Crippen LogP contribution in [0.5, 0.6) is 5.75 Å². The van der Waals surface area contributed by atoms with Crippen molar-refractivity contribution in [3.63, 3.8) is 0 Å². The van der Waals surface area contributed by atoms with Crippen molar-refractivity contribution in [2.24, 2.45) is 5.92 Å². The van der Waals surface area contributed by atoms with E-state index in [-0.39, 0.29) is 0 Å². The zero-order valence-corrected chi connectivity index (χ0v) is 12.5. The molecule has 0 aliphatic heterocycles. The van der Waals surface area contributed by atoms with Crippen LogP contribution >= 0.6 is 28.6 Å². The third-order valence-corrected chi connectivity index (χ3v) is 3.55. The molecule has 0 saturated carbocycles. The lowest BCUT2D eigenvalue weighted by Crippen LogP contribution is -2.11. The molecule has 1 unspecified atom stereocenters. The van der Waals surface area contributed by atoms with E-state index in [1.807, 2.05) is 12.1 Å². The molecule has 0 amide bonds. The van der Waals surface area contributed by atoms with Crippen LogP contribution in [-0.2, 0) is 0 Å². The van der Waals surface area contributed by atoms with Crippen LogP contribution in [-0.4, -0.2) is 12.4 Å². The topological polar surface area (TPSA) is 9.23 Å². The lowest BCUT2D eigenvalue weighted by molar-refractivity contribution is 0.270. The minimum Gasteiger partial charge on any atom is -0.493 e. The Balaban J connectivity index is 2.78. The SMILES string of the molecule is CC(CS)COc1ccc(Br)cc1C(C)C. The van der Waals surface area contributed by atoms with Gasteiger partial charge < -0.3 is 4.74 Å². The molecule has 0 radical (unpaired) electrons. The molecule has 0 aromatic heterocycles. The average molecular weight is 303 g/mol. The smallest absolute Gasteiger partial charge is 0.122 e. The van der Waals surface area contributed by atoms with E-state index in [1.165, 1.54) is 5.56 Å². The number of rotatable bonds is 5. The van der Waals surface area contributed by atoms with Crippen molar-refractivity contribution < 1.29 is 4.74 Å². The summed E-state index contributed by atoms with van der Waals surface area (Å²) in [5.41, 5.74) is 1.25. The van der Waals surface area contributed by atoms with E-state index in [0.29, 0.717) is 11.8 Å². The van der Waals surface area contributed by atoms with Crippen LogP contribution < -0.4 is 4.74 Å². The second-order valence-electron chi connectivity index (χ2n) is 4.44. The van der Waals surface area contributed by atoms with Gasteiger partial charge in [-0.05, 0) is 41.4 Å². The highest BCUT2D eigenvalue weighted by Crippen LogP contribution is 2.29. The Hall–Kier alpha value is -0.150. The molecule has 3 heteroatoms. The van der Waals surface area contributed by atoms with E-state index in [0.717, 1.165) is 22.6 Å². The average Bonchev–Trinajstić information content (AvgIpc) is 2.26. The van der Waals surface area contributed by atoms with Crippen LogP contribution in [0, 0.1) is 5.92 Å². The van der Waals surface area contributed by atoms with Crippen LogP contribution in [0.4, 0.5) is 0 Å². The Morgan fingerprint density at radius 2 is 2.00 bits per heavy atom. The van der Waals surface area contributed by atoms with Crippen LogP contribution in [0.15, 0.2) is 22.7 Å². The maximum atomic E-state index is 5.84. The zero-order chi connectivity index (χ0) is 12.1. The highest BCUT2D eigenvalue weighted by atomic mass is 79.9. The van der Waals surface area contributed by atoms with Gasteiger partial charge in [0.25, 0.3) is 0 Å². The standard InChI is InChI=1S/C13H19BrOS/c1-9(2)12-6-11(14)4-5-13(12)15-7-10(3)8-16/h4-6,9-10,16H,7-8H2,1-3H3. The van der Waals surface area contributed by atoms with Crippen molar-refractivity contribution in [2.75, 3.05) is 12.4 Å². The summed E-state index contributed by atoms with van der Waals surface area (Å²) in [4.78, 5) is 0. The van der Waals surface area contributed by atoms with Gasteiger partial charge in [-0.15, -0.1) is 0 Å². The zero-order valence-electron chi connectivity index (χ0n) is 10.0. The van der Waals surface area contributed by atoms with Gasteiger partial charge in [-0.2, -0.15) is 12.6 Å². The molecule has 16 heavy (non-hydrogen) atoms. The van der Waals surface area contributed by atoms with Crippen LogP contribution in [0.3, 0.4) is 0 Å². The van der Waals surface area contributed by atoms with Crippen LogP contribution in [0.25, 0.3) is 0 Å². The Morgan fingerprint density at radius 1 is 1.31 bits per heavy atom. The summed E-state index contributed by atoms with van der Waals surface area (Å²) in [6.45, 7) is 7.22. The van der Waals surface area contributed by atoms with E-state index in [2.05, 4.69) is 55.4 Å². The summed E-state index contributed by atoms with van der Waals surface area (Å²) in [7, 11) is 0. The molecule has 1 rings (SSSR count). The fourth-order valence-electron chi connectivity index (χ4n) is 1.39. The third kappa shape index (κ3) is 4.02. The van der Waals surface area contributed by atoms with Crippen molar-refractivity contribution in [1.29, 1.82) is 0 Å². The molecule has 0 fully saturated rings. The van der Waals surface area contributed by atoms with Crippen molar-refractivity contribution in [2.45, 2.75) is 26.7 Å². The fraction of sp³-hybridized carbons (Fsp3) is 0.538. The largest absolute Gasteiger partial charge is 0.493 e. The summed E-state index contributed by atoms with van der Waals surface area (Å²) < 4.78 is 6.94. The minimum atomic E-state index is 0.471. The Morgan fingerprint density at radius 3 is 2.56 bits per heavy atom. The molecule has 0 aliphatic carbocycles. The van der Waals surface area contributed by atoms with Gasteiger partial charge in [0.2, 0.25) is 0 Å². The quantitative estimate of drug-likeness (QED) is 0.787. The van der Waals surface area contributed by atoms with Crippen molar-refractivity contribution in [3.05, 3.63) is 28.2 Å². The second-order valence-corrected chi connectivity index (χ2v) is 5.72. The highest BCUT2D eigenvalue weighted by Gasteiger charge is 2.09. The number of benzene rings is 1. The van der Waals surface area contributed by atoms with Gasteiger partial charge in [0.1, 0.15) is 5.75 Å². The van der Waals surface area contributed by atoms with E-state index in [9.17, 15) is 0 Å². The summed E-state index contributed by atoms with van der Waals surface area (Å²) in [5.74, 6) is 2.80. The van der Waals surface area contributed by atoms with Crippen molar-refractivity contribution in [1.82, 2.24) is 0 Å². The monoisotopic (exact) mass is 302 g/mol. The fourth-order valence-corrected chi connectivity index (χ4v) is 1.87. The van der Waals surface area contributed by atoms with Gasteiger partial charge in [0.15, 0.2) is 0 Å². The molecule has 0 N–H and O–H groups in total. The number of thiol groups is 1. The summed E-state index contributed by atoms with van der Waals surface area (Å²) in [6, 6.07) is 6.18. The molecule has 1 nitrogen and oxygen atoms in total. The first-order chi connectivity index (χ1) is 7.54. The third-order valence-electron chi connectivity index (χ3n) is 2.43. The second kappa shape index (κ2) is 6.55. The molecule has 0 saturated heterocycles. The lowest BCUT2D eigenvalue weighted by Gasteiger charge is -2.16. The van der Waals surface area contributed by atoms with Crippen molar-refractivity contribution >= 4 is 28.6 Å². The summed E-state index contributed by atoms with van der Waals surface area (Å²) >= 11 is 7.75. The lowest BCUT2D eigenvalue weighted by atomic mass is 10.0. The molecule has 1 aromatic rings. The van der Waals surface area contributed by atoms with E-state index in [4.69, 9.17) is 4.74 Å². The number of ether oxygens (including phenoxy) is 1. The first-order valence-corrected chi connectivity index (χ1v) is 7.00. The van der Waals surface area contributed by atoms with Crippen LogP contribution in [0.2, 0.25) is 0 Å². The molecule has 1 aromatic carbocycles. The highest BCUT2D eigenvalue weighted by molar-refractivity contribution is 9.10. The predicted octanol–water partition coefficient (Wildman–Crippen LogP) is 4.52. The Kier molecular flexibility index (Phi) is 5.70. The molecule has 0 spiro atoms.